The molecular weight excluding hydrogens is 625 g/mol. The van der Waals surface area contributed by atoms with E-state index in [9.17, 15) is 0 Å². The van der Waals surface area contributed by atoms with Crippen molar-refractivity contribution in [3.05, 3.63) is 179 Å². The van der Waals surface area contributed by atoms with Gasteiger partial charge < -0.3 is 4.90 Å². The number of nitrogens with zero attached hydrogens (tertiary/aromatic N) is 4. The van der Waals surface area contributed by atoms with E-state index in [4.69, 9.17) is 9.97 Å². The van der Waals surface area contributed by atoms with E-state index in [2.05, 4.69) is 124 Å². The number of hydrogen-bond acceptors (Lipinski definition) is 6. The van der Waals surface area contributed by atoms with Crippen LogP contribution in [0.4, 0.5) is 17.1 Å². The van der Waals surface area contributed by atoms with Crippen molar-refractivity contribution in [2.45, 2.75) is 5.41 Å². The Hall–Kier alpha value is -5.69. The van der Waals surface area contributed by atoms with Gasteiger partial charge in [-0.25, -0.2) is 9.97 Å². The molecule has 0 radical (unpaired) electrons. The average Bonchev–Trinajstić information content (AvgIpc) is 3.90. The number of fused-ring (bicyclic) bond motifs is 9. The lowest BCUT2D eigenvalue weighted by Crippen LogP contribution is -2.35. The Kier molecular flexibility index (Phi) is 6.10. The smallest absolute Gasteiger partial charge is 0.179 e. The number of hydrogen-bond donors (Lipinski definition) is 0. The highest BCUT2D eigenvalue weighted by molar-refractivity contribution is 7.21. The van der Waals surface area contributed by atoms with Crippen molar-refractivity contribution in [3.63, 3.8) is 0 Å². The largest absolute Gasteiger partial charge is 0.310 e. The number of rotatable bonds is 4. The van der Waals surface area contributed by atoms with E-state index >= 15 is 0 Å². The van der Waals surface area contributed by atoms with Crippen LogP contribution in [0, 0.1) is 0 Å². The number of pyridine rings is 1. The van der Waals surface area contributed by atoms with Gasteiger partial charge >= 0.3 is 0 Å². The molecule has 0 unspecified atom stereocenters. The molecule has 0 bridgehead atoms. The second-order valence-corrected chi connectivity index (χ2v) is 13.9. The van der Waals surface area contributed by atoms with Crippen LogP contribution in [0.25, 0.3) is 43.8 Å². The first-order valence-electron chi connectivity index (χ1n) is 15.9. The topological polar surface area (TPSA) is 41.9 Å². The Morgan fingerprint density at radius 3 is 1.75 bits per heavy atom. The lowest BCUT2D eigenvalue weighted by atomic mass is 9.65. The summed E-state index contributed by atoms with van der Waals surface area (Å²) in [6, 6.07) is 49.5. The molecule has 10 rings (SSSR count). The molecule has 4 aromatic heterocycles. The summed E-state index contributed by atoms with van der Waals surface area (Å²) in [5.74, 6) is 0.604. The van der Waals surface area contributed by atoms with Gasteiger partial charge in [-0.15, -0.1) is 22.7 Å². The van der Waals surface area contributed by atoms with Gasteiger partial charge in [0.05, 0.1) is 28.2 Å². The zero-order valence-electron chi connectivity index (χ0n) is 25.6. The third-order valence-corrected chi connectivity index (χ3v) is 11.5. The fourth-order valence-electron chi connectivity index (χ4n) is 7.58. The third kappa shape index (κ3) is 3.90. The molecule has 0 N–H and O–H groups in total. The molecule has 6 heteroatoms. The molecule has 0 saturated heterocycles. The van der Waals surface area contributed by atoms with Gasteiger partial charge in [0.25, 0.3) is 0 Å². The maximum Gasteiger partial charge on any atom is 0.179 e. The van der Waals surface area contributed by atoms with Crippen molar-refractivity contribution in [3.8, 4) is 43.8 Å². The van der Waals surface area contributed by atoms with Gasteiger partial charge in [0.15, 0.2) is 5.82 Å². The summed E-state index contributed by atoms with van der Waals surface area (Å²) < 4.78 is 0. The average molecular weight is 651 g/mol. The zero-order valence-corrected chi connectivity index (χ0v) is 27.2. The van der Waals surface area contributed by atoms with E-state index in [1.165, 1.54) is 43.4 Å². The van der Waals surface area contributed by atoms with Gasteiger partial charge in [-0.3, -0.25) is 4.98 Å². The van der Waals surface area contributed by atoms with Crippen molar-refractivity contribution < 1.29 is 0 Å². The van der Waals surface area contributed by atoms with Gasteiger partial charge in [0, 0.05) is 32.8 Å². The highest BCUT2D eigenvalue weighted by atomic mass is 32.1. The molecule has 8 aromatic rings. The van der Waals surface area contributed by atoms with Crippen LogP contribution < -0.4 is 4.90 Å². The first-order valence-corrected chi connectivity index (χ1v) is 17.7. The molecule has 48 heavy (non-hydrogen) atoms. The number of benzene rings is 4. The van der Waals surface area contributed by atoms with Gasteiger partial charge in [0.2, 0.25) is 0 Å². The Labute approximate surface area is 286 Å². The first kappa shape index (κ1) is 27.4. The molecule has 2 aliphatic rings. The predicted octanol–water partition coefficient (Wildman–Crippen LogP) is 11.1. The lowest BCUT2D eigenvalue weighted by Gasteiger charge is -2.44. The first-order chi connectivity index (χ1) is 23.8. The van der Waals surface area contributed by atoms with E-state index < -0.39 is 0 Å². The van der Waals surface area contributed by atoms with E-state index in [-0.39, 0.29) is 5.41 Å². The van der Waals surface area contributed by atoms with Gasteiger partial charge in [0.1, 0.15) is 5.69 Å². The number of aromatic nitrogens is 3. The summed E-state index contributed by atoms with van der Waals surface area (Å²) in [5.41, 5.74) is 13.0. The van der Waals surface area contributed by atoms with Gasteiger partial charge in [-0.1, -0.05) is 84.9 Å². The van der Waals surface area contributed by atoms with E-state index in [0.29, 0.717) is 5.82 Å². The van der Waals surface area contributed by atoms with E-state index in [1.54, 1.807) is 6.20 Å². The van der Waals surface area contributed by atoms with Crippen LogP contribution in [0.3, 0.4) is 0 Å². The molecular formula is C42H26N4S2. The van der Waals surface area contributed by atoms with Crippen LogP contribution in [0.5, 0.6) is 0 Å². The summed E-state index contributed by atoms with van der Waals surface area (Å²) in [6.45, 7) is 0. The zero-order chi connectivity index (χ0) is 31.7. The molecule has 1 aliphatic heterocycles. The Balaban J connectivity index is 1.18. The van der Waals surface area contributed by atoms with Gasteiger partial charge in [-0.05, 0) is 87.6 Å². The van der Waals surface area contributed by atoms with Gasteiger partial charge in [-0.2, -0.15) is 0 Å². The third-order valence-electron chi connectivity index (χ3n) is 9.53. The van der Waals surface area contributed by atoms with Crippen molar-refractivity contribution in [1.29, 1.82) is 0 Å². The maximum atomic E-state index is 5.08. The number of para-hydroxylation sites is 2. The fraction of sp³-hybridized carbons (Fsp3) is 0.0238. The van der Waals surface area contributed by atoms with Crippen molar-refractivity contribution in [2.24, 2.45) is 0 Å². The van der Waals surface area contributed by atoms with Crippen LogP contribution >= 0.6 is 22.7 Å². The van der Waals surface area contributed by atoms with Crippen LogP contribution in [0.2, 0.25) is 0 Å². The van der Waals surface area contributed by atoms with Crippen molar-refractivity contribution >= 4 is 39.7 Å². The van der Waals surface area contributed by atoms with E-state index in [1.807, 2.05) is 59.1 Å². The molecule has 226 valence electrons. The highest BCUT2D eigenvalue weighted by Gasteiger charge is 2.52. The quantitative estimate of drug-likeness (QED) is 0.190. The molecule has 4 aromatic carbocycles. The minimum Gasteiger partial charge on any atom is -0.310 e. The Morgan fingerprint density at radius 1 is 0.479 bits per heavy atom. The number of anilines is 3. The number of thiophene rings is 2. The van der Waals surface area contributed by atoms with Crippen LogP contribution in [0.1, 0.15) is 22.3 Å². The molecule has 1 aliphatic carbocycles. The fourth-order valence-corrected chi connectivity index (χ4v) is 9.68. The monoisotopic (exact) mass is 650 g/mol. The second kappa shape index (κ2) is 10.7. The highest BCUT2D eigenvalue weighted by Crippen LogP contribution is 2.65. The van der Waals surface area contributed by atoms with E-state index in [0.717, 1.165) is 33.9 Å². The maximum absolute atomic E-state index is 5.08. The molecule has 1 spiro atoms. The summed E-state index contributed by atoms with van der Waals surface area (Å²) in [5, 5.41) is 4.50. The SMILES string of the molecule is c1ccc(-c2cc(-c3cccc(N4c5ccccc5C5(c6ccccc64)c4ccsc4-c4sccc45)c3)nc(-c3ccccn3)n2)cc1. The minimum atomic E-state index is -0.360. The normalized spacial score (nSPS) is 13.5. The van der Waals surface area contributed by atoms with Crippen LogP contribution in [-0.4, -0.2) is 15.0 Å². The summed E-state index contributed by atoms with van der Waals surface area (Å²) >= 11 is 3.70. The summed E-state index contributed by atoms with van der Waals surface area (Å²) in [4.78, 5) is 19.8. The molecule has 4 nitrogen and oxygen atoms in total. The Bertz CT molecular complexity index is 2330. The minimum absolute atomic E-state index is 0.360. The second-order valence-electron chi connectivity index (χ2n) is 12.0. The molecule has 0 atom stereocenters. The van der Waals surface area contributed by atoms with Crippen molar-refractivity contribution in [1.82, 2.24) is 15.0 Å². The molecule has 0 amide bonds. The Morgan fingerprint density at radius 2 is 1.08 bits per heavy atom. The van der Waals surface area contributed by atoms with Crippen LogP contribution in [-0.2, 0) is 5.41 Å². The van der Waals surface area contributed by atoms with Crippen LogP contribution in [0.15, 0.2) is 156 Å². The van der Waals surface area contributed by atoms with Crippen molar-refractivity contribution in [2.75, 3.05) is 4.90 Å². The summed E-state index contributed by atoms with van der Waals surface area (Å²) in [7, 11) is 0. The molecule has 5 heterocycles. The standard InChI is InChI=1S/C42H26N4S2/c1-2-11-27(12-3-1)35-26-36(45-41(44-35)34-17-8-9-22-43-34)28-13-10-14-29(25-28)46-37-18-6-4-15-30(37)42(31-16-5-7-19-38(31)46)32-20-23-47-39(32)40-33(42)21-24-48-40/h1-26H. The lowest BCUT2D eigenvalue weighted by molar-refractivity contribution is 0.756. The molecule has 0 saturated carbocycles. The molecule has 0 fully saturated rings. The summed E-state index contributed by atoms with van der Waals surface area (Å²) in [6.07, 6.45) is 1.79. The predicted molar refractivity (Wildman–Crippen MR) is 197 cm³/mol.